The topological polar surface area (TPSA) is 54.9 Å². The molecule has 1 saturated carbocycles. The molecule has 4 nitrogen and oxygen atoms in total. The first-order valence-corrected chi connectivity index (χ1v) is 5.81. The van der Waals surface area contributed by atoms with Crippen LogP contribution in [0, 0.1) is 12.8 Å². The molecule has 0 bridgehead atoms. The van der Waals surface area contributed by atoms with Gasteiger partial charge in [0, 0.05) is 23.5 Å². The van der Waals surface area contributed by atoms with Crippen LogP contribution in [0.5, 0.6) is 0 Å². The molecule has 2 aromatic rings. The summed E-state index contributed by atoms with van der Waals surface area (Å²) in [6, 6.07) is 3.63. The van der Waals surface area contributed by atoms with E-state index in [-0.39, 0.29) is 5.91 Å². The van der Waals surface area contributed by atoms with Crippen molar-refractivity contribution in [3.05, 3.63) is 30.2 Å². The number of nitrogens with zero attached hydrogens (tertiary/aromatic N) is 2. The minimum Gasteiger partial charge on any atom is -0.310 e. The summed E-state index contributed by atoms with van der Waals surface area (Å²) in [5, 5.41) is 4.54. The first-order valence-electron chi connectivity index (χ1n) is 5.81. The van der Waals surface area contributed by atoms with E-state index in [9.17, 15) is 9.18 Å². The second-order valence-electron chi connectivity index (χ2n) is 4.53. The van der Waals surface area contributed by atoms with Crippen molar-refractivity contribution in [3.8, 4) is 0 Å². The SMILES string of the molecule is Cc1nccc2cc(NC(=O)[C@H]3C[C@H]3F)ncc12. The molecule has 18 heavy (non-hydrogen) atoms. The molecule has 0 aliphatic heterocycles. The van der Waals surface area contributed by atoms with Crippen molar-refractivity contribution >= 4 is 22.5 Å². The molecule has 1 amide bonds. The second kappa shape index (κ2) is 4.01. The first-order chi connectivity index (χ1) is 8.65. The number of halogens is 1. The van der Waals surface area contributed by atoms with Crippen LogP contribution in [0.1, 0.15) is 12.1 Å². The summed E-state index contributed by atoms with van der Waals surface area (Å²) in [6.45, 7) is 1.90. The van der Waals surface area contributed by atoms with E-state index in [0.717, 1.165) is 16.5 Å². The van der Waals surface area contributed by atoms with Gasteiger partial charge in [-0.1, -0.05) is 0 Å². The van der Waals surface area contributed by atoms with Gasteiger partial charge in [0.2, 0.25) is 5.91 Å². The summed E-state index contributed by atoms with van der Waals surface area (Å²) in [7, 11) is 0. The lowest BCUT2D eigenvalue weighted by atomic mass is 10.2. The molecule has 1 N–H and O–H groups in total. The number of hydrogen-bond acceptors (Lipinski definition) is 3. The van der Waals surface area contributed by atoms with Gasteiger partial charge in [-0.25, -0.2) is 9.37 Å². The highest BCUT2D eigenvalue weighted by Gasteiger charge is 2.43. The number of rotatable bonds is 2. The van der Waals surface area contributed by atoms with Gasteiger partial charge < -0.3 is 5.32 Å². The summed E-state index contributed by atoms with van der Waals surface area (Å²) < 4.78 is 12.7. The highest BCUT2D eigenvalue weighted by Crippen LogP contribution is 2.34. The van der Waals surface area contributed by atoms with E-state index in [2.05, 4.69) is 15.3 Å². The van der Waals surface area contributed by atoms with Gasteiger partial charge in [-0.3, -0.25) is 9.78 Å². The van der Waals surface area contributed by atoms with Crippen molar-refractivity contribution in [2.75, 3.05) is 5.32 Å². The average molecular weight is 245 g/mol. The normalized spacial score (nSPS) is 21.9. The minimum absolute atomic E-state index is 0.292. The van der Waals surface area contributed by atoms with E-state index in [1.807, 2.05) is 13.0 Å². The van der Waals surface area contributed by atoms with Gasteiger partial charge in [0.25, 0.3) is 0 Å². The lowest BCUT2D eigenvalue weighted by Crippen LogP contribution is -2.15. The predicted molar refractivity (Wildman–Crippen MR) is 65.9 cm³/mol. The van der Waals surface area contributed by atoms with Gasteiger partial charge in [0.1, 0.15) is 12.0 Å². The molecule has 1 fully saturated rings. The van der Waals surface area contributed by atoms with E-state index >= 15 is 0 Å². The van der Waals surface area contributed by atoms with Gasteiger partial charge >= 0.3 is 0 Å². The lowest BCUT2D eigenvalue weighted by Gasteiger charge is -2.05. The van der Waals surface area contributed by atoms with Crippen LogP contribution >= 0.6 is 0 Å². The molecule has 2 heterocycles. The summed E-state index contributed by atoms with van der Waals surface area (Å²) in [6.07, 6.45) is 2.72. The van der Waals surface area contributed by atoms with E-state index in [0.29, 0.717) is 12.2 Å². The molecule has 2 atom stereocenters. The molecule has 2 aromatic heterocycles. The van der Waals surface area contributed by atoms with Crippen molar-refractivity contribution in [3.63, 3.8) is 0 Å². The van der Waals surface area contributed by atoms with Crippen molar-refractivity contribution in [2.24, 2.45) is 5.92 Å². The molecule has 1 aliphatic carbocycles. The number of hydrogen-bond donors (Lipinski definition) is 1. The lowest BCUT2D eigenvalue weighted by molar-refractivity contribution is -0.117. The smallest absolute Gasteiger partial charge is 0.231 e. The fourth-order valence-corrected chi connectivity index (χ4v) is 1.93. The van der Waals surface area contributed by atoms with Crippen molar-refractivity contribution in [1.29, 1.82) is 0 Å². The van der Waals surface area contributed by atoms with Gasteiger partial charge in [-0.2, -0.15) is 0 Å². The highest BCUT2D eigenvalue weighted by molar-refractivity contribution is 5.96. The van der Waals surface area contributed by atoms with Crippen LogP contribution in [-0.4, -0.2) is 22.0 Å². The molecule has 1 aliphatic rings. The number of anilines is 1. The quantitative estimate of drug-likeness (QED) is 0.882. The van der Waals surface area contributed by atoms with Crippen LogP contribution in [0.2, 0.25) is 0 Å². The van der Waals surface area contributed by atoms with Crippen LogP contribution in [0.25, 0.3) is 10.8 Å². The van der Waals surface area contributed by atoms with Gasteiger partial charge in [0.15, 0.2) is 0 Å². The maximum atomic E-state index is 12.7. The second-order valence-corrected chi connectivity index (χ2v) is 4.53. The molecule has 0 saturated heterocycles. The first kappa shape index (κ1) is 11.1. The molecular formula is C13H12FN3O. The number of aryl methyl sites for hydroxylation is 1. The Bertz CT molecular complexity index is 629. The van der Waals surface area contributed by atoms with Crippen LogP contribution in [0.15, 0.2) is 24.5 Å². The zero-order valence-electron chi connectivity index (χ0n) is 9.85. The van der Waals surface area contributed by atoms with Gasteiger partial charge in [0.05, 0.1) is 5.92 Å². The van der Waals surface area contributed by atoms with Crippen molar-refractivity contribution in [2.45, 2.75) is 19.5 Å². The van der Waals surface area contributed by atoms with Gasteiger partial charge in [-0.15, -0.1) is 0 Å². The monoisotopic (exact) mass is 245 g/mol. The van der Waals surface area contributed by atoms with E-state index in [4.69, 9.17) is 0 Å². The molecule has 0 radical (unpaired) electrons. The van der Waals surface area contributed by atoms with E-state index < -0.39 is 12.1 Å². The third kappa shape index (κ3) is 1.92. The molecular weight excluding hydrogens is 233 g/mol. The van der Waals surface area contributed by atoms with Crippen molar-refractivity contribution < 1.29 is 9.18 Å². The number of alkyl halides is 1. The predicted octanol–water partition coefficient (Wildman–Crippen LogP) is 2.23. The molecule has 0 aromatic carbocycles. The number of amides is 1. The highest BCUT2D eigenvalue weighted by atomic mass is 19.1. The Morgan fingerprint density at radius 1 is 1.50 bits per heavy atom. The fraction of sp³-hybridized carbons (Fsp3) is 0.308. The standard InChI is InChI=1S/C13H12FN3O/c1-7-10-6-16-12(4-8(10)2-3-15-7)17-13(18)9-5-11(9)14/h2-4,6,9,11H,5H2,1H3,(H,16,17,18)/t9-,11+/m0/s1. The third-order valence-electron chi connectivity index (χ3n) is 3.15. The Balaban J connectivity index is 1.87. The zero-order valence-corrected chi connectivity index (χ0v) is 9.85. The van der Waals surface area contributed by atoms with Crippen molar-refractivity contribution in [1.82, 2.24) is 9.97 Å². The molecule has 3 rings (SSSR count). The summed E-state index contributed by atoms with van der Waals surface area (Å²) in [4.78, 5) is 19.9. The van der Waals surface area contributed by atoms with Crippen LogP contribution in [0.3, 0.4) is 0 Å². The minimum atomic E-state index is -0.989. The maximum Gasteiger partial charge on any atom is 0.231 e. The Kier molecular flexibility index (Phi) is 2.47. The number of fused-ring (bicyclic) bond motifs is 1. The Labute approximate surface area is 103 Å². The molecule has 92 valence electrons. The Morgan fingerprint density at radius 3 is 3.00 bits per heavy atom. The van der Waals surface area contributed by atoms with Gasteiger partial charge in [-0.05, 0) is 30.9 Å². The summed E-state index contributed by atoms with van der Waals surface area (Å²) in [5.74, 6) is -0.334. The number of carbonyl (C=O) groups is 1. The summed E-state index contributed by atoms with van der Waals surface area (Å²) >= 11 is 0. The van der Waals surface area contributed by atoms with Crippen LogP contribution in [-0.2, 0) is 4.79 Å². The zero-order chi connectivity index (χ0) is 12.7. The van der Waals surface area contributed by atoms with Crippen LogP contribution in [0.4, 0.5) is 10.2 Å². The number of aromatic nitrogens is 2. The van der Waals surface area contributed by atoms with E-state index in [1.54, 1.807) is 18.5 Å². The third-order valence-corrected chi connectivity index (χ3v) is 3.15. The average Bonchev–Trinajstić information content (AvgIpc) is 3.07. The number of nitrogens with one attached hydrogen (secondary N) is 1. The maximum absolute atomic E-state index is 12.7. The largest absolute Gasteiger partial charge is 0.310 e. The number of carbonyl (C=O) groups excluding carboxylic acids is 1. The Hall–Kier alpha value is -2.04. The molecule has 5 heteroatoms. The number of pyridine rings is 2. The van der Waals surface area contributed by atoms with Crippen LogP contribution < -0.4 is 5.32 Å². The molecule has 0 spiro atoms. The fourth-order valence-electron chi connectivity index (χ4n) is 1.93. The van der Waals surface area contributed by atoms with E-state index in [1.165, 1.54) is 0 Å². The summed E-state index contributed by atoms with van der Waals surface area (Å²) in [5.41, 5.74) is 0.892. The Morgan fingerprint density at radius 2 is 2.28 bits per heavy atom. The molecule has 0 unspecified atom stereocenters.